The predicted octanol–water partition coefficient (Wildman–Crippen LogP) is 1.55. The molecule has 0 saturated heterocycles. The Labute approximate surface area is 140 Å². The van der Waals surface area contributed by atoms with Crippen molar-refractivity contribution < 1.29 is 14.3 Å². The Bertz CT molecular complexity index is 761. The SMILES string of the molecule is Cc1cc(N(C)C)nc(CNC(=O)c2cccc3c2OCCO3)n1. The van der Waals surface area contributed by atoms with E-state index in [-0.39, 0.29) is 12.5 Å². The van der Waals surface area contributed by atoms with Crippen molar-refractivity contribution in [1.82, 2.24) is 15.3 Å². The zero-order valence-corrected chi connectivity index (χ0v) is 14.0. The molecule has 126 valence electrons. The Morgan fingerprint density at radius 3 is 2.83 bits per heavy atom. The zero-order chi connectivity index (χ0) is 17.1. The molecule has 1 aliphatic heterocycles. The van der Waals surface area contributed by atoms with Gasteiger partial charge in [-0.25, -0.2) is 9.97 Å². The molecule has 0 radical (unpaired) electrons. The van der Waals surface area contributed by atoms with E-state index in [4.69, 9.17) is 9.47 Å². The van der Waals surface area contributed by atoms with Gasteiger partial charge < -0.3 is 19.7 Å². The highest BCUT2D eigenvalue weighted by atomic mass is 16.6. The molecular weight excluding hydrogens is 308 g/mol. The molecule has 24 heavy (non-hydrogen) atoms. The van der Waals surface area contributed by atoms with E-state index in [0.717, 1.165) is 11.5 Å². The van der Waals surface area contributed by atoms with E-state index < -0.39 is 0 Å². The van der Waals surface area contributed by atoms with Crippen LogP contribution in [0.15, 0.2) is 24.3 Å². The van der Waals surface area contributed by atoms with Gasteiger partial charge in [-0.3, -0.25) is 4.79 Å². The van der Waals surface area contributed by atoms with Crippen molar-refractivity contribution in [2.75, 3.05) is 32.2 Å². The molecule has 0 saturated carbocycles. The first-order chi connectivity index (χ1) is 11.5. The summed E-state index contributed by atoms with van der Waals surface area (Å²) in [4.78, 5) is 23.2. The average Bonchev–Trinajstić information content (AvgIpc) is 2.58. The third kappa shape index (κ3) is 3.40. The van der Waals surface area contributed by atoms with Crippen LogP contribution in [0.25, 0.3) is 0 Å². The molecule has 1 aromatic carbocycles. The summed E-state index contributed by atoms with van der Waals surface area (Å²) in [5, 5.41) is 2.84. The van der Waals surface area contributed by atoms with Gasteiger partial charge in [0.25, 0.3) is 5.91 Å². The number of ether oxygens (including phenoxy) is 2. The lowest BCUT2D eigenvalue weighted by Gasteiger charge is -2.20. The summed E-state index contributed by atoms with van der Waals surface area (Å²) in [5.74, 6) is 2.21. The van der Waals surface area contributed by atoms with Crippen LogP contribution in [0.5, 0.6) is 11.5 Å². The Kier molecular flexibility index (Phi) is 4.50. The van der Waals surface area contributed by atoms with Crippen molar-refractivity contribution in [3.8, 4) is 11.5 Å². The van der Waals surface area contributed by atoms with Gasteiger partial charge in [0, 0.05) is 25.9 Å². The molecule has 1 amide bonds. The highest BCUT2D eigenvalue weighted by Gasteiger charge is 2.20. The molecule has 0 fully saturated rings. The number of aromatic nitrogens is 2. The Hall–Kier alpha value is -2.83. The summed E-state index contributed by atoms with van der Waals surface area (Å²) < 4.78 is 11.1. The average molecular weight is 328 g/mol. The fourth-order valence-corrected chi connectivity index (χ4v) is 2.43. The van der Waals surface area contributed by atoms with E-state index in [0.29, 0.717) is 36.1 Å². The number of hydrogen-bond donors (Lipinski definition) is 1. The number of nitrogens with one attached hydrogen (secondary N) is 1. The first-order valence-electron chi connectivity index (χ1n) is 7.73. The fraction of sp³-hybridized carbons (Fsp3) is 0.353. The first-order valence-corrected chi connectivity index (χ1v) is 7.73. The van der Waals surface area contributed by atoms with Gasteiger partial charge in [-0.05, 0) is 19.1 Å². The van der Waals surface area contributed by atoms with Crippen molar-refractivity contribution in [1.29, 1.82) is 0 Å². The molecule has 2 aromatic rings. The van der Waals surface area contributed by atoms with Gasteiger partial charge in [-0.15, -0.1) is 0 Å². The lowest BCUT2D eigenvalue weighted by molar-refractivity contribution is 0.0938. The standard InChI is InChI=1S/C17H20N4O3/c1-11-9-15(21(2)3)20-14(19-11)10-18-17(22)12-5-4-6-13-16(12)24-8-7-23-13/h4-6,9H,7-8,10H2,1-3H3,(H,18,22). The highest BCUT2D eigenvalue weighted by Crippen LogP contribution is 2.33. The molecule has 2 heterocycles. The second-order valence-electron chi connectivity index (χ2n) is 5.69. The normalized spacial score (nSPS) is 12.6. The third-order valence-electron chi connectivity index (χ3n) is 3.56. The molecule has 0 atom stereocenters. The maximum Gasteiger partial charge on any atom is 0.255 e. The minimum absolute atomic E-state index is 0.242. The van der Waals surface area contributed by atoms with Crippen LogP contribution >= 0.6 is 0 Å². The number of nitrogens with zero attached hydrogens (tertiary/aromatic N) is 3. The minimum Gasteiger partial charge on any atom is -0.486 e. The van der Waals surface area contributed by atoms with Crippen LogP contribution in [-0.4, -0.2) is 43.2 Å². The summed E-state index contributed by atoms with van der Waals surface area (Å²) in [5.41, 5.74) is 1.31. The van der Waals surface area contributed by atoms with Crippen LogP contribution in [0.1, 0.15) is 21.9 Å². The first kappa shape index (κ1) is 16.0. The monoisotopic (exact) mass is 328 g/mol. The lowest BCUT2D eigenvalue weighted by atomic mass is 10.1. The van der Waals surface area contributed by atoms with E-state index in [1.54, 1.807) is 18.2 Å². The van der Waals surface area contributed by atoms with Crippen LogP contribution in [0.2, 0.25) is 0 Å². The number of carbonyl (C=O) groups is 1. The van der Waals surface area contributed by atoms with Gasteiger partial charge in [0.15, 0.2) is 11.5 Å². The molecule has 1 aromatic heterocycles. The lowest BCUT2D eigenvalue weighted by Crippen LogP contribution is -2.26. The van der Waals surface area contributed by atoms with Gasteiger partial charge >= 0.3 is 0 Å². The minimum atomic E-state index is -0.242. The predicted molar refractivity (Wildman–Crippen MR) is 89.7 cm³/mol. The number of amides is 1. The second kappa shape index (κ2) is 6.74. The van der Waals surface area contributed by atoms with Gasteiger partial charge in [-0.2, -0.15) is 0 Å². The molecule has 1 N–H and O–H groups in total. The summed E-state index contributed by atoms with van der Waals surface area (Å²) in [6.07, 6.45) is 0. The van der Waals surface area contributed by atoms with Gasteiger partial charge in [-0.1, -0.05) is 6.07 Å². The molecule has 7 heteroatoms. The number of rotatable bonds is 4. The van der Waals surface area contributed by atoms with Crippen molar-refractivity contribution in [2.45, 2.75) is 13.5 Å². The van der Waals surface area contributed by atoms with E-state index in [2.05, 4.69) is 15.3 Å². The van der Waals surface area contributed by atoms with Crippen molar-refractivity contribution in [3.63, 3.8) is 0 Å². The maximum absolute atomic E-state index is 12.5. The number of carbonyl (C=O) groups excluding carboxylic acids is 1. The Balaban J connectivity index is 1.75. The largest absolute Gasteiger partial charge is 0.486 e. The van der Waals surface area contributed by atoms with Crippen molar-refractivity contribution in [3.05, 3.63) is 41.3 Å². The molecule has 0 spiro atoms. The fourth-order valence-electron chi connectivity index (χ4n) is 2.43. The second-order valence-corrected chi connectivity index (χ2v) is 5.69. The van der Waals surface area contributed by atoms with Crippen LogP contribution in [0, 0.1) is 6.92 Å². The van der Waals surface area contributed by atoms with Crippen LogP contribution in [-0.2, 0) is 6.54 Å². The maximum atomic E-state index is 12.5. The molecule has 7 nitrogen and oxygen atoms in total. The van der Waals surface area contributed by atoms with E-state index in [1.165, 1.54) is 0 Å². The smallest absolute Gasteiger partial charge is 0.255 e. The Morgan fingerprint density at radius 1 is 1.25 bits per heavy atom. The number of anilines is 1. The summed E-state index contributed by atoms with van der Waals surface area (Å²) in [6.45, 7) is 3.07. The molecule has 0 bridgehead atoms. The highest BCUT2D eigenvalue weighted by molar-refractivity contribution is 5.97. The number of benzene rings is 1. The molecule has 3 rings (SSSR count). The van der Waals surface area contributed by atoms with Crippen LogP contribution < -0.4 is 19.7 Å². The van der Waals surface area contributed by atoms with Crippen LogP contribution in [0.4, 0.5) is 5.82 Å². The van der Waals surface area contributed by atoms with E-state index >= 15 is 0 Å². The number of fused-ring (bicyclic) bond motifs is 1. The zero-order valence-electron chi connectivity index (χ0n) is 14.0. The van der Waals surface area contributed by atoms with Crippen molar-refractivity contribution in [2.24, 2.45) is 0 Å². The third-order valence-corrected chi connectivity index (χ3v) is 3.56. The van der Waals surface area contributed by atoms with Crippen molar-refractivity contribution >= 4 is 11.7 Å². The van der Waals surface area contributed by atoms with Crippen LogP contribution in [0.3, 0.4) is 0 Å². The number of aryl methyl sites for hydroxylation is 1. The summed E-state index contributed by atoms with van der Waals surface area (Å²) >= 11 is 0. The molecular formula is C17H20N4O3. The molecule has 1 aliphatic rings. The number of hydrogen-bond acceptors (Lipinski definition) is 6. The summed E-state index contributed by atoms with van der Waals surface area (Å²) in [7, 11) is 3.83. The number of para-hydroxylation sites is 1. The molecule has 0 unspecified atom stereocenters. The summed E-state index contributed by atoms with van der Waals surface area (Å²) in [6, 6.07) is 7.17. The molecule has 0 aliphatic carbocycles. The van der Waals surface area contributed by atoms with E-state index in [1.807, 2.05) is 32.0 Å². The van der Waals surface area contributed by atoms with Gasteiger partial charge in [0.1, 0.15) is 24.9 Å². The topological polar surface area (TPSA) is 76.6 Å². The van der Waals surface area contributed by atoms with E-state index in [9.17, 15) is 4.79 Å². The Morgan fingerprint density at radius 2 is 2.04 bits per heavy atom. The van der Waals surface area contributed by atoms with Gasteiger partial charge in [0.05, 0.1) is 12.1 Å². The quantitative estimate of drug-likeness (QED) is 0.918. The van der Waals surface area contributed by atoms with Gasteiger partial charge in [0.2, 0.25) is 0 Å².